The van der Waals surface area contributed by atoms with Gasteiger partial charge in [-0.05, 0) is 37.1 Å². The lowest BCUT2D eigenvalue weighted by atomic mass is 9.93. The number of rotatable bonds is 3. The molecular formula is C19H20ClN5O. The average molecular weight is 370 g/mol. The zero-order valence-electron chi connectivity index (χ0n) is 14.7. The van der Waals surface area contributed by atoms with Crippen LogP contribution in [0.3, 0.4) is 0 Å². The molecule has 26 heavy (non-hydrogen) atoms. The summed E-state index contributed by atoms with van der Waals surface area (Å²) in [6.07, 6.45) is 4.96. The Hall–Kier alpha value is -2.60. The van der Waals surface area contributed by atoms with Crippen molar-refractivity contribution < 1.29 is 4.79 Å². The molecule has 1 aliphatic rings. The minimum atomic E-state index is -0.136. The normalized spacial score (nSPS) is 20.2. The van der Waals surface area contributed by atoms with Crippen LogP contribution in [-0.4, -0.2) is 26.7 Å². The van der Waals surface area contributed by atoms with Crippen molar-refractivity contribution in [3.05, 3.63) is 52.8 Å². The van der Waals surface area contributed by atoms with Crippen LogP contribution in [0, 0.1) is 6.92 Å². The van der Waals surface area contributed by atoms with E-state index in [2.05, 4.69) is 15.7 Å². The summed E-state index contributed by atoms with van der Waals surface area (Å²) in [5, 5.41) is 12.4. The van der Waals surface area contributed by atoms with Gasteiger partial charge in [0.15, 0.2) is 0 Å². The zero-order valence-corrected chi connectivity index (χ0v) is 15.4. The van der Waals surface area contributed by atoms with E-state index >= 15 is 0 Å². The van der Waals surface area contributed by atoms with Crippen molar-refractivity contribution in [2.45, 2.75) is 31.8 Å². The number of halogens is 1. The average Bonchev–Trinajstić information content (AvgIpc) is 3.06. The second kappa shape index (κ2) is 6.61. The zero-order chi connectivity index (χ0) is 18.3. The third kappa shape index (κ3) is 3.12. The second-order valence-electron chi connectivity index (χ2n) is 6.74. The van der Waals surface area contributed by atoms with Gasteiger partial charge in [0.25, 0.3) is 0 Å². The number of nitrogens with zero attached hydrogens (tertiary/aromatic N) is 3. The summed E-state index contributed by atoms with van der Waals surface area (Å²) in [4.78, 5) is 16.7. The Balaban J connectivity index is 1.65. The molecule has 3 aromatic rings. The van der Waals surface area contributed by atoms with Crippen LogP contribution in [0.1, 0.15) is 30.0 Å². The van der Waals surface area contributed by atoms with Gasteiger partial charge >= 0.3 is 0 Å². The molecule has 1 aliphatic heterocycles. The fourth-order valence-electron chi connectivity index (χ4n) is 3.46. The number of pyridine rings is 1. The molecule has 4 rings (SSSR count). The van der Waals surface area contributed by atoms with Gasteiger partial charge in [-0.25, -0.2) is 4.98 Å². The molecule has 7 heteroatoms. The number of carbonyl (C=O) groups is 1. The number of anilines is 1. The largest absolute Gasteiger partial charge is 0.365 e. The van der Waals surface area contributed by atoms with Gasteiger partial charge < -0.3 is 10.6 Å². The van der Waals surface area contributed by atoms with Crippen molar-refractivity contribution in [2.75, 3.05) is 5.32 Å². The molecule has 6 nitrogen and oxygen atoms in total. The number of aromatic nitrogens is 3. The van der Waals surface area contributed by atoms with Crippen LogP contribution in [0.4, 0.5) is 5.82 Å². The number of amides is 1. The molecule has 1 saturated heterocycles. The maximum absolute atomic E-state index is 11.9. The van der Waals surface area contributed by atoms with Crippen LogP contribution in [0.2, 0.25) is 5.02 Å². The highest BCUT2D eigenvalue weighted by molar-refractivity contribution is 6.35. The van der Waals surface area contributed by atoms with Crippen molar-refractivity contribution >= 4 is 34.2 Å². The number of carbonyl (C=O) groups excluding carboxylic acids is 1. The second-order valence-corrected chi connectivity index (χ2v) is 7.15. The predicted octanol–water partition coefficient (Wildman–Crippen LogP) is 3.36. The molecule has 3 heterocycles. The standard InChI is InChI=1S/C19H20ClN5O/c1-11-3-5-14(20)13-4-7-16(23-18(11)13)22-15-6-8-17(26)24-19(15)12-9-21-25(2)10-12/h3-5,7,9-10,15,19H,6,8H2,1-2H3,(H,22,23)(H,24,26)/t15-,19+/m1/s1. The van der Waals surface area contributed by atoms with Crippen LogP contribution >= 0.6 is 11.6 Å². The van der Waals surface area contributed by atoms with Crippen molar-refractivity contribution in [3.8, 4) is 0 Å². The van der Waals surface area contributed by atoms with E-state index in [9.17, 15) is 4.79 Å². The lowest BCUT2D eigenvalue weighted by molar-refractivity contribution is -0.123. The highest BCUT2D eigenvalue weighted by atomic mass is 35.5. The van der Waals surface area contributed by atoms with E-state index in [4.69, 9.17) is 16.6 Å². The fraction of sp³-hybridized carbons (Fsp3) is 0.316. The summed E-state index contributed by atoms with van der Waals surface area (Å²) < 4.78 is 1.74. The summed E-state index contributed by atoms with van der Waals surface area (Å²) in [6, 6.07) is 7.69. The van der Waals surface area contributed by atoms with Crippen molar-refractivity contribution in [3.63, 3.8) is 0 Å². The van der Waals surface area contributed by atoms with Crippen LogP contribution in [-0.2, 0) is 11.8 Å². The molecule has 1 aromatic carbocycles. The van der Waals surface area contributed by atoms with Crippen LogP contribution in [0.15, 0.2) is 36.7 Å². The Morgan fingerprint density at radius 1 is 1.31 bits per heavy atom. The molecule has 2 N–H and O–H groups in total. The van der Waals surface area contributed by atoms with E-state index in [1.54, 1.807) is 10.9 Å². The highest BCUT2D eigenvalue weighted by Gasteiger charge is 2.31. The van der Waals surface area contributed by atoms with Crippen LogP contribution in [0.25, 0.3) is 10.9 Å². The summed E-state index contributed by atoms with van der Waals surface area (Å²) in [5.41, 5.74) is 2.95. The number of piperidine rings is 1. The number of benzene rings is 1. The SMILES string of the molecule is Cc1ccc(Cl)c2ccc(N[C@@H]3CCC(=O)N[C@H]3c3cnn(C)c3)nc12. The molecular weight excluding hydrogens is 350 g/mol. The first-order chi connectivity index (χ1) is 12.5. The van der Waals surface area contributed by atoms with E-state index in [-0.39, 0.29) is 18.0 Å². The summed E-state index contributed by atoms with van der Waals surface area (Å²) >= 11 is 6.28. The van der Waals surface area contributed by atoms with Gasteiger partial charge in [0, 0.05) is 35.6 Å². The van der Waals surface area contributed by atoms with Gasteiger partial charge in [-0.3, -0.25) is 9.48 Å². The molecule has 0 spiro atoms. The highest BCUT2D eigenvalue weighted by Crippen LogP contribution is 2.29. The van der Waals surface area contributed by atoms with Crippen LogP contribution in [0.5, 0.6) is 0 Å². The lowest BCUT2D eigenvalue weighted by Crippen LogP contribution is -2.45. The Kier molecular flexibility index (Phi) is 4.28. The Labute approximate surface area is 156 Å². The third-order valence-corrected chi connectivity index (χ3v) is 5.15. The van der Waals surface area contributed by atoms with Gasteiger partial charge in [0.1, 0.15) is 5.82 Å². The van der Waals surface area contributed by atoms with Gasteiger partial charge in [0.2, 0.25) is 5.91 Å². The van der Waals surface area contributed by atoms with Gasteiger partial charge in [-0.1, -0.05) is 17.7 Å². The molecule has 0 aliphatic carbocycles. The van der Waals surface area contributed by atoms with E-state index in [1.807, 2.05) is 44.4 Å². The molecule has 1 amide bonds. The van der Waals surface area contributed by atoms with E-state index in [1.165, 1.54) is 0 Å². The minimum Gasteiger partial charge on any atom is -0.365 e. The molecule has 0 saturated carbocycles. The van der Waals surface area contributed by atoms with Crippen LogP contribution < -0.4 is 10.6 Å². The monoisotopic (exact) mass is 369 g/mol. The molecule has 2 atom stereocenters. The van der Waals surface area contributed by atoms with E-state index in [0.29, 0.717) is 11.4 Å². The lowest BCUT2D eigenvalue weighted by Gasteiger charge is -2.32. The molecule has 0 radical (unpaired) electrons. The maximum Gasteiger partial charge on any atom is 0.220 e. The molecule has 0 bridgehead atoms. The first-order valence-electron chi connectivity index (χ1n) is 8.61. The van der Waals surface area contributed by atoms with Crippen molar-refractivity contribution in [1.82, 2.24) is 20.1 Å². The van der Waals surface area contributed by atoms with Crippen molar-refractivity contribution in [2.24, 2.45) is 7.05 Å². The maximum atomic E-state index is 11.9. The molecule has 0 unspecified atom stereocenters. The van der Waals surface area contributed by atoms with Crippen molar-refractivity contribution in [1.29, 1.82) is 0 Å². The molecule has 2 aromatic heterocycles. The first-order valence-corrected chi connectivity index (χ1v) is 8.99. The van der Waals surface area contributed by atoms with Gasteiger partial charge in [-0.15, -0.1) is 0 Å². The predicted molar refractivity (Wildman–Crippen MR) is 102 cm³/mol. The number of hydrogen-bond donors (Lipinski definition) is 2. The summed E-state index contributed by atoms with van der Waals surface area (Å²) in [5.74, 6) is 0.837. The number of aryl methyl sites for hydroxylation is 2. The minimum absolute atomic E-state index is 0.0429. The fourth-order valence-corrected chi connectivity index (χ4v) is 3.68. The number of nitrogens with one attached hydrogen (secondary N) is 2. The third-order valence-electron chi connectivity index (χ3n) is 4.82. The number of hydrogen-bond acceptors (Lipinski definition) is 4. The molecule has 1 fully saturated rings. The Morgan fingerprint density at radius 3 is 2.92 bits per heavy atom. The topological polar surface area (TPSA) is 71.8 Å². The Bertz CT molecular complexity index is 983. The Morgan fingerprint density at radius 2 is 2.15 bits per heavy atom. The summed E-state index contributed by atoms with van der Waals surface area (Å²) in [7, 11) is 1.87. The first kappa shape index (κ1) is 16.8. The van der Waals surface area contributed by atoms with Gasteiger partial charge in [0.05, 0.1) is 23.8 Å². The molecule has 134 valence electrons. The number of fused-ring (bicyclic) bond motifs is 1. The van der Waals surface area contributed by atoms with E-state index < -0.39 is 0 Å². The quantitative estimate of drug-likeness (QED) is 0.742. The smallest absolute Gasteiger partial charge is 0.220 e. The van der Waals surface area contributed by atoms with Gasteiger partial charge in [-0.2, -0.15) is 5.10 Å². The van der Waals surface area contributed by atoms with E-state index in [0.717, 1.165) is 34.3 Å². The summed E-state index contributed by atoms with van der Waals surface area (Å²) in [6.45, 7) is 2.02.